The predicted octanol–water partition coefficient (Wildman–Crippen LogP) is -5.84. The highest BCUT2D eigenvalue weighted by Crippen LogP contribution is 2.23. The summed E-state index contributed by atoms with van der Waals surface area (Å²) in [7, 11) is 0. The molecule has 15 N–H and O–H groups in total. The number of aliphatic carboxylic acids is 1. The summed E-state index contributed by atoms with van der Waals surface area (Å²) in [6.07, 6.45) is -7.17. The van der Waals surface area contributed by atoms with Crippen LogP contribution in [0.5, 0.6) is 0 Å². The number of carboxylic acids is 1. The fourth-order valence-corrected chi connectivity index (χ4v) is 4.00. The first-order valence-corrected chi connectivity index (χ1v) is 11.4. The molecular formula is C19H36N8O9. The molecule has 0 bridgehead atoms. The van der Waals surface area contributed by atoms with Gasteiger partial charge in [0.2, 0.25) is 5.91 Å². The number of hydrogen-bond acceptors (Lipinski definition) is 14. The number of carbonyl (C=O) groups excluding carboxylic acids is 2. The van der Waals surface area contributed by atoms with Crippen LogP contribution < -0.4 is 38.9 Å². The standard InChI is InChI=1S/C19H36N8O9/c20-3-1-2-7(22)4-10(30)24-13-14(31)15(36-18(23)34)9(6-28)35-16(13)27-19-25-11(8(29)5-21)12(26-19)17(32)33/h7-9,11-16,28-29,31H,1-6,20-22H2,(H2,23,34)(H,24,30)(H,32,33)(H2,25,26,27)/t7-,8+,9+,11?,12-,13+,14-,15-,16+/m0/s1. The number of nitrogens with two attached hydrogens (primary N) is 4. The highest BCUT2D eigenvalue weighted by Gasteiger charge is 2.49. The summed E-state index contributed by atoms with van der Waals surface area (Å²) in [5, 5.41) is 48.1. The van der Waals surface area contributed by atoms with Gasteiger partial charge in [-0.15, -0.1) is 0 Å². The number of aliphatic imine (C=N–C) groups is 1. The van der Waals surface area contributed by atoms with Gasteiger partial charge in [0.1, 0.15) is 18.2 Å². The van der Waals surface area contributed by atoms with E-state index in [2.05, 4.69) is 20.9 Å². The molecule has 2 amide bonds. The fraction of sp³-hybridized carbons (Fsp3) is 0.789. The second kappa shape index (κ2) is 13.5. The van der Waals surface area contributed by atoms with Crippen LogP contribution in [0.4, 0.5) is 4.79 Å². The molecule has 17 nitrogen and oxygen atoms in total. The maximum atomic E-state index is 12.6. The van der Waals surface area contributed by atoms with E-state index >= 15 is 0 Å². The number of carbonyl (C=O) groups is 3. The van der Waals surface area contributed by atoms with Gasteiger partial charge < -0.3 is 68.8 Å². The summed E-state index contributed by atoms with van der Waals surface area (Å²) in [5.41, 5.74) is 21.9. The quantitative estimate of drug-likeness (QED) is 0.114. The summed E-state index contributed by atoms with van der Waals surface area (Å²) in [6.45, 7) is -0.549. The molecule has 9 atom stereocenters. The number of amides is 2. The predicted molar refractivity (Wildman–Crippen MR) is 123 cm³/mol. The summed E-state index contributed by atoms with van der Waals surface area (Å²) in [5.74, 6) is -2.04. The van der Waals surface area contributed by atoms with Gasteiger partial charge in [0, 0.05) is 19.0 Å². The van der Waals surface area contributed by atoms with Gasteiger partial charge in [-0.2, -0.15) is 0 Å². The topological polar surface area (TPSA) is 303 Å². The summed E-state index contributed by atoms with van der Waals surface area (Å²) >= 11 is 0. The Hall–Kier alpha value is -2.80. The molecule has 36 heavy (non-hydrogen) atoms. The Morgan fingerprint density at radius 2 is 1.97 bits per heavy atom. The van der Waals surface area contributed by atoms with Gasteiger partial charge in [-0.25, -0.2) is 14.6 Å². The minimum atomic E-state index is -1.62. The average molecular weight is 521 g/mol. The van der Waals surface area contributed by atoms with Gasteiger partial charge in [-0.1, -0.05) is 0 Å². The van der Waals surface area contributed by atoms with E-state index in [1.807, 2.05) is 0 Å². The average Bonchev–Trinajstić information content (AvgIpc) is 3.25. The molecule has 2 heterocycles. The number of carboxylic acid groups (broad SMARTS) is 1. The first-order chi connectivity index (χ1) is 17.0. The second-order valence-corrected chi connectivity index (χ2v) is 8.54. The summed E-state index contributed by atoms with van der Waals surface area (Å²) < 4.78 is 10.6. The van der Waals surface area contributed by atoms with Gasteiger partial charge in [-0.05, 0) is 19.4 Å². The van der Waals surface area contributed by atoms with Crippen LogP contribution in [-0.2, 0) is 19.1 Å². The zero-order chi connectivity index (χ0) is 27.0. The zero-order valence-corrected chi connectivity index (χ0v) is 19.5. The Morgan fingerprint density at radius 1 is 1.28 bits per heavy atom. The van der Waals surface area contributed by atoms with Crippen molar-refractivity contribution in [2.24, 2.45) is 27.9 Å². The normalized spacial score (nSPS) is 31.5. The molecule has 0 radical (unpaired) electrons. The van der Waals surface area contributed by atoms with Gasteiger partial charge in [0.25, 0.3) is 0 Å². The molecule has 1 unspecified atom stereocenters. The van der Waals surface area contributed by atoms with E-state index in [9.17, 15) is 34.8 Å². The number of aliphatic hydroxyl groups excluding tert-OH is 3. The van der Waals surface area contributed by atoms with Gasteiger partial charge in [0.15, 0.2) is 24.3 Å². The smallest absolute Gasteiger partial charge is 0.404 e. The minimum Gasteiger partial charge on any atom is -0.480 e. The first-order valence-electron chi connectivity index (χ1n) is 11.4. The van der Waals surface area contributed by atoms with Crippen LogP contribution in [0.25, 0.3) is 0 Å². The van der Waals surface area contributed by atoms with E-state index in [-0.39, 0.29) is 18.9 Å². The molecular weight excluding hydrogens is 484 g/mol. The van der Waals surface area contributed by atoms with Gasteiger partial charge >= 0.3 is 12.1 Å². The van der Waals surface area contributed by atoms with Crippen molar-refractivity contribution in [3.05, 3.63) is 0 Å². The van der Waals surface area contributed by atoms with Crippen molar-refractivity contribution in [1.29, 1.82) is 0 Å². The lowest BCUT2D eigenvalue weighted by Crippen LogP contribution is -2.69. The van der Waals surface area contributed by atoms with Crippen molar-refractivity contribution in [2.45, 2.75) is 74.1 Å². The molecule has 0 aromatic heterocycles. The van der Waals surface area contributed by atoms with Gasteiger partial charge in [-0.3, -0.25) is 4.79 Å². The van der Waals surface area contributed by atoms with Crippen LogP contribution >= 0.6 is 0 Å². The summed E-state index contributed by atoms with van der Waals surface area (Å²) in [6, 6.07) is -4.28. The number of hydrogen-bond donors (Lipinski definition) is 11. The van der Waals surface area contributed by atoms with Crippen LogP contribution in [-0.4, -0.2) is 119 Å². The van der Waals surface area contributed by atoms with E-state index in [0.717, 1.165) is 0 Å². The van der Waals surface area contributed by atoms with Crippen molar-refractivity contribution in [1.82, 2.24) is 16.0 Å². The molecule has 206 valence electrons. The van der Waals surface area contributed by atoms with Gasteiger partial charge in [0.05, 0.1) is 18.8 Å². The number of guanidine groups is 1. The highest BCUT2D eigenvalue weighted by atomic mass is 16.6. The Kier molecular flexibility index (Phi) is 11.0. The molecule has 2 rings (SSSR count). The van der Waals surface area contributed by atoms with Crippen LogP contribution in [0.2, 0.25) is 0 Å². The van der Waals surface area contributed by atoms with Crippen LogP contribution in [0.15, 0.2) is 4.99 Å². The zero-order valence-electron chi connectivity index (χ0n) is 19.5. The number of rotatable bonds is 12. The molecule has 17 heteroatoms. The Morgan fingerprint density at radius 3 is 2.53 bits per heavy atom. The van der Waals surface area contributed by atoms with Crippen molar-refractivity contribution in [3.8, 4) is 0 Å². The number of nitrogens with one attached hydrogen (secondary N) is 3. The van der Waals surface area contributed by atoms with Crippen molar-refractivity contribution >= 4 is 23.9 Å². The third kappa shape index (κ3) is 7.60. The Balaban J connectivity index is 2.25. The lowest BCUT2D eigenvalue weighted by molar-refractivity contribution is -0.198. The van der Waals surface area contributed by atoms with Crippen molar-refractivity contribution in [3.63, 3.8) is 0 Å². The fourth-order valence-electron chi connectivity index (χ4n) is 4.00. The molecule has 0 saturated carbocycles. The molecule has 0 aliphatic carbocycles. The molecule has 0 aromatic rings. The van der Waals surface area contributed by atoms with Crippen LogP contribution in [0, 0.1) is 0 Å². The van der Waals surface area contributed by atoms with E-state index < -0.39 is 79.4 Å². The third-order valence-corrected chi connectivity index (χ3v) is 5.80. The minimum absolute atomic E-state index is 0.119. The second-order valence-electron chi connectivity index (χ2n) is 8.54. The maximum absolute atomic E-state index is 12.6. The van der Waals surface area contributed by atoms with Crippen LogP contribution in [0.3, 0.4) is 0 Å². The van der Waals surface area contributed by atoms with E-state index in [4.69, 9.17) is 32.4 Å². The third-order valence-electron chi connectivity index (χ3n) is 5.80. The van der Waals surface area contributed by atoms with Crippen molar-refractivity contribution < 1.29 is 44.3 Å². The molecule has 1 fully saturated rings. The Labute approximate surface area is 206 Å². The lowest BCUT2D eigenvalue weighted by atomic mass is 9.95. The van der Waals surface area contributed by atoms with Crippen LogP contribution in [0.1, 0.15) is 19.3 Å². The lowest BCUT2D eigenvalue weighted by Gasteiger charge is -2.44. The van der Waals surface area contributed by atoms with Crippen molar-refractivity contribution in [2.75, 3.05) is 19.7 Å². The number of ether oxygens (including phenoxy) is 2. The number of aliphatic hydroxyl groups is 3. The largest absolute Gasteiger partial charge is 0.480 e. The van der Waals surface area contributed by atoms with E-state index in [1.54, 1.807) is 0 Å². The SMILES string of the molecule is NCCC[C@H](N)CC(=O)N[C@@H]1[C@H](O)[C@@H](OC(N)=O)[C@@H](CO)O[C@H]1NC1=N[C@H](C(=O)O)C([C@H](O)CN)N1. The summed E-state index contributed by atoms with van der Waals surface area (Å²) in [4.78, 5) is 39.5. The number of nitrogens with zero attached hydrogens (tertiary/aromatic N) is 1. The Bertz CT molecular complexity index is 803. The highest BCUT2D eigenvalue weighted by molar-refractivity contribution is 5.89. The maximum Gasteiger partial charge on any atom is 0.404 e. The first kappa shape index (κ1) is 29.4. The van der Waals surface area contributed by atoms with E-state index in [0.29, 0.717) is 19.4 Å². The molecule has 0 aromatic carbocycles. The molecule has 0 spiro atoms. The molecule has 1 saturated heterocycles. The number of primary amides is 1. The monoisotopic (exact) mass is 520 g/mol. The molecule has 2 aliphatic heterocycles. The van der Waals surface area contributed by atoms with E-state index in [1.165, 1.54) is 0 Å². The molecule has 2 aliphatic rings.